The lowest BCUT2D eigenvalue weighted by molar-refractivity contribution is -0.141. The monoisotopic (exact) mass is 405 g/mol. The number of nitrogens with two attached hydrogens (primary N) is 1. The van der Waals surface area contributed by atoms with Crippen LogP contribution in [0.25, 0.3) is 0 Å². The van der Waals surface area contributed by atoms with Crippen LogP contribution in [0, 0.1) is 5.82 Å². The summed E-state index contributed by atoms with van der Waals surface area (Å²) >= 11 is 9.72. The van der Waals surface area contributed by atoms with Crippen LogP contribution < -0.4 is 11.1 Å². The smallest absolute Gasteiger partial charge is 0.375 e. The minimum Gasteiger partial charge on any atom is -0.375 e. The van der Waals surface area contributed by atoms with E-state index in [-0.39, 0.29) is 5.69 Å². The van der Waals surface area contributed by atoms with Gasteiger partial charge >= 0.3 is 6.18 Å². The van der Waals surface area contributed by atoms with E-state index in [2.05, 4.69) is 10.4 Å². The molecule has 0 spiro atoms. The number of benzene rings is 1. The number of thiocarbonyl (C=S) groups is 2. The molecule has 0 fully saturated rings. The van der Waals surface area contributed by atoms with Crippen molar-refractivity contribution < 1.29 is 22.4 Å². The Hall–Kier alpha value is -2.60. The van der Waals surface area contributed by atoms with E-state index in [0.29, 0.717) is 4.90 Å². The first kappa shape index (κ1) is 19.7. The zero-order chi connectivity index (χ0) is 19.6. The highest BCUT2D eigenvalue weighted by atomic mass is 32.1. The second kappa shape index (κ2) is 7.33. The Morgan fingerprint density at radius 1 is 1.35 bits per heavy atom. The summed E-state index contributed by atoms with van der Waals surface area (Å²) in [4.78, 5) is 13.1. The van der Waals surface area contributed by atoms with Crippen molar-refractivity contribution in [3.05, 3.63) is 47.5 Å². The fourth-order valence-corrected chi connectivity index (χ4v) is 2.54. The maximum Gasteiger partial charge on any atom is 0.435 e. The number of anilines is 1. The standard InChI is InChI=1S/C14H11F4N5OS2/c1-22-6-9(10(21-22)14(16,17)18)11(24)23(12(19)25)13(26)20-8-4-2-3-7(15)5-8/h2-6H,1H3,(H2,19,25)(H,20,26). The third kappa shape index (κ3) is 4.32. The van der Waals surface area contributed by atoms with Gasteiger partial charge in [0.25, 0.3) is 5.91 Å². The van der Waals surface area contributed by atoms with Crippen molar-refractivity contribution in [2.75, 3.05) is 5.32 Å². The van der Waals surface area contributed by atoms with E-state index in [9.17, 15) is 22.4 Å². The molecule has 138 valence electrons. The molecule has 0 radical (unpaired) electrons. The van der Waals surface area contributed by atoms with Crippen molar-refractivity contribution in [1.82, 2.24) is 14.7 Å². The van der Waals surface area contributed by atoms with Gasteiger partial charge in [-0.3, -0.25) is 9.48 Å². The van der Waals surface area contributed by atoms with Crippen LogP contribution in [0.2, 0.25) is 0 Å². The van der Waals surface area contributed by atoms with E-state index in [4.69, 9.17) is 30.2 Å². The van der Waals surface area contributed by atoms with Gasteiger partial charge in [0.1, 0.15) is 5.82 Å². The number of hydrogen-bond donors (Lipinski definition) is 2. The average Bonchev–Trinajstić information content (AvgIpc) is 2.89. The van der Waals surface area contributed by atoms with Gasteiger partial charge in [-0.15, -0.1) is 0 Å². The molecule has 0 aliphatic carbocycles. The molecule has 3 N–H and O–H groups in total. The molecule has 0 aliphatic heterocycles. The molecule has 0 atom stereocenters. The van der Waals surface area contributed by atoms with Gasteiger partial charge in [-0.2, -0.15) is 18.3 Å². The number of nitrogens with zero attached hydrogens (tertiary/aromatic N) is 3. The minimum atomic E-state index is -4.87. The molecule has 26 heavy (non-hydrogen) atoms. The third-order valence-electron chi connectivity index (χ3n) is 3.03. The van der Waals surface area contributed by atoms with Crippen LogP contribution in [-0.2, 0) is 13.2 Å². The number of nitrogens with one attached hydrogen (secondary N) is 1. The van der Waals surface area contributed by atoms with Crippen molar-refractivity contribution in [1.29, 1.82) is 0 Å². The van der Waals surface area contributed by atoms with E-state index in [1.165, 1.54) is 25.2 Å². The maximum atomic E-state index is 13.2. The molecule has 0 bridgehead atoms. The number of alkyl halides is 3. The molecule has 2 rings (SSSR count). The zero-order valence-electron chi connectivity index (χ0n) is 13.0. The first-order chi connectivity index (χ1) is 12.0. The Kier molecular flexibility index (Phi) is 5.56. The molecular weight excluding hydrogens is 394 g/mol. The van der Waals surface area contributed by atoms with Crippen LogP contribution in [0.5, 0.6) is 0 Å². The van der Waals surface area contributed by atoms with Gasteiger partial charge in [-0.25, -0.2) is 9.29 Å². The highest BCUT2D eigenvalue weighted by Crippen LogP contribution is 2.31. The Labute approximate surface area is 155 Å². The molecule has 1 aromatic carbocycles. The largest absolute Gasteiger partial charge is 0.435 e. The van der Waals surface area contributed by atoms with E-state index in [1.807, 2.05) is 0 Å². The summed E-state index contributed by atoms with van der Waals surface area (Å²) in [6.45, 7) is 0. The van der Waals surface area contributed by atoms with Crippen LogP contribution >= 0.6 is 24.4 Å². The lowest BCUT2D eigenvalue weighted by atomic mass is 10.2. The molecule has 0 unspecified atom stereocenters. The van der Waals surface area contributed by atoms with Gasteiger partial charge in [-0.1, -0.05) is 6.07 Å². The topological polar surface area (TPSA) is 76.2 Å². The van der Waals surface area contributed by atoms with Crippen LogP contribution in [-0.4, -0.2) is 30.8 Å². The lowest BCUT2D eigenvalue weighted by Gasteiger charge is -2.22. The molecule has 6 nitrogen and oxygen atoms in total. The second-order valence-corrected chi connectivity index (χ2v) is 5.79. The normalized spacial score (nSPS) is 11.1. The van der Waals surface area contributed by atoms with Crippen LogP contribution in [0.4, 0.5) is 23.2 Å². The highest BCUT2D eigenvalue weighted by Gasteiger charge is 2.40. The van der Waals surface area contributed by atoms with Crippen molar-refractivity contribution >= 4 is 46.3 Å². The van der Waals surface area contributed by atoms with E-state index >= 15 is 0 Å². The Balaban J connectivity index is 2.37. The lowest BCUT2D eigenvalue weighted by Crippen LogP contribution is -2.47. The maximum absolute atomic E-state index is 13.2. The molecule has 1 heterocycles. The Bertz CT molecular complexity index is 880. The van der Waals surface area contributed by atoms with Gasteiger partial charge < -0.3 is 11.1 Å². The molecule has 0 saturated carbocycles. The number of carbonyl (C=O) groups is 1. The molecule has 12 heteroatoms. The Morgan fingerprint density at radius 3 is 2.54 bits per heavy atom. The second-order valence-electron chi connectivity index (χ2n) is 4.98. The van der Waals surface area contributed by atoms with Crippen molar-refractivity contribution in [3.63, 3.8) is 0 Å². The number of halogens is 4. The summed E-state index contributed by atoms with van der Waals surface area (Å²) in [6, 6.07) is 5.05. The first-order valence-corrected chi connectivity index (χ1v) is 7.63. The predicted molar refractivity (Wildman–Crippen MR) is 93.8 cm³/mol. The number of hydrogen-bond acceptors (Lipinski definition) is 4. The molecule has 2 aromatic rings. The number of aryl methyl sites for hydroxylation is 1. The van der Waals surface area contributed by atoms with E-state index in [0.717, 1.165) is 16.9 Å². The highest BCUT2D eigenvalue weighted by molar-refractivity contribution is 7.82. The van der Waals surface area contributed by atoms with Crippen molar-refractivity contribution in [2.24, 2.45) is 12.8 Å². The van der Waals surface area contributed by atoms with Crippen LogP contribution in [0.15, 0.2) is 30.5 Å². The molecule has 1 aromatic heterocycles. The number of rotatable bonds is 2. The molecule has 1 amide bonds. The predicted octanol–water partition coefficient (Wildman–Crippen LogP) is 2.66. The van der Waals surface area contributed by atoms with Gasteiger partial charge in [0.2, 0.25) is 0 Å². The molecule has 0 saturated heterocycles. The quantitative estimate of drug-likeness (QED) is 0.591. The van der Waals surface area contributed by atoms with E-state index < -0.39 is 39.4 Å². The summed E-state index contributed by atoms with van der Waals surface area (Å²) in [5, 5.41) is 4.75. The van der Waals surface area contributed by atoms with Crippen LogP contribution in [0.3, 0.4) is 0 Å². The third-order valence-corrected chi connectivity index (χ3v) is 3.50. The van der Waals surface area contributed by atoms with Crippen LogP contribution in [0.1, 0.15) is 16.1 Å². The summed E-state index contributed by atoms with van der Waals surface area (Å²) in [6.07, 6.45) is -3.99. The summed E-state index contributed by atoms with van der Waals surface area (Å²) in [7, 11) is 1.22. The van der Waals surface area contributed by atoms with Gasteiger partial charge in [-0.05, 0) is 42.6 Å². The average molecular weight is 405 g/mol. The Morgan fingerprint density at radius 2 is 2.00 bits per heavy atom. The van der Waals surface area contributed by atoms with E-state index in [1.54, 1.807) is 0 Å². The number of carbonyl (C=O) groups excluding carboxylic acids is 1. The minimum absolute atomic E-state index is 0.159. The summed E-state index contributed by atoms with van der Waals surface area (Å²) in [5.74, 6) is -1.80. The number of amides is 1. The van der Waals surface area contributed by atoms with Crippen molar-refractivity contribution in [3.8, 4) is 0 Å². The number of aromatic nitrogens is 2. The fraction of sp³-hybridized carbons (Fsp3) is 0.143. The fourth-order valence-electron chi connectivity index (χ4n) is 2.01. The molecule has 0 aliphatic rings. The van der Waals surface area contributed by atoms with Gasteiger partial charge in [0.05, 0.1) is 5.56 Å². The van der Waals surface area contributed by atoms with Gasteiger partial charge in [0.15, 0.2) is 15.9 Å². The summed E-state index contributed by atoms with van der Waals surface area (Å²) in [5.41, 5.74) is 3.43. The summed E-state index contributed by atoms with van der Waals surface area (Å²) < 4.78 is 53.3. The first-order valence-electron chi connectivity index (χ1n) is 6.82. The van der Waals surface area contributed by atoms with Gasteiger partial charge in [0, 0.05) is 18.9 Å². The molecular formula is C14H11F4N5OS2. The zero-order valence-corrected chi connectivity index (χ0v) is 14.7. The van der Waals surface area contributed by atoms with Crippen molar-refractivity contribution in [2.45, 2.75) is 6.18 Å². The SMILES string of the molecule is Cn1cc(C(=O)N(C(N)=S)C(=S)Nc2cccc(F)c2)c(C(F)(F)F)n1.